The van der Waals surface area contributed by atoms with Crippen LogP contribution in [0.1, 0.15) is 45.7 Å². The molecule has 160 valence electrons. The summed E-state index contributed by atoms with van der Waals surface area (Å²) in [5, 5.41) is 0. The lowest BCUT2D eigenvalue weighted by molar-refractivity contribution is 0.507. The fourth-order valence-corrected chi connectivity index (χ4v) is 4.02. The summed E-state index contributed by atoms with van der Waals surface area (Å²) in [6, 6.07) is 16.3. The molecule has 1 aliphatic heterocycles. The number of aliphatic imine (C=N–C) groups is 2. The largest absolute Gasteiger partial charge is 0.531 e. The molecule has 0 saturated carbocycles. The Bertz CT molecular complexity index is 1240. The lowest BCUT2D eigenvalue weighted by Crippen LogP contribution is -2.30. The first-order chi connectivity index (χ1) is 14.5. The number of hydrogen-bond acceptors (Lipinski definition) is 5. The van der Waals surface area contributed by atoms with Gasteiger partial charge in [0, 0.05) is 10.4 Å². The molecule has 31 heavy (non-hydrogen) atoms. The van der Waals surface area contributed by atoms with Crippen molar-refractivity contribution in [3.63, 3.8) is 0 Å². The molecule has 0 aromatic heterocycles. The minimum absolute atomic E-state index is 0.282. The van der Waals surface area contributed by atoms with Gasteiger partial charge in [0.25, 0.3) is 0 Å². The lowest BCUT2D eigenvalue weighted by atomic mass is 10.1. The van der Waals surface area contributed by atoms with E-state index in [1.807, 2.05) is 37.3 Å². The van der Waals surface area contributed by atoms with Gasteiger partial charge in [-0.2, -0.15) is 0 Å². The van der Waals surface area contributed by atoms with Crippen molar-refractivity contribution in [1.29, 1.82) is 0 Å². The average Bonchev–Trinajstić information content (AvgIpc) is 2.71. The zero-order chi connectivity index (χ0) is 22.8. The molecule has 0 radical (unpaired) electrons. The molecule has 0 fully saturated rings. The number of rotatable bonds is 6. The second kappa shape index (κ2) is 8.46. The van der Waals surface area contributed by atoms with Crippen LogP contribution in [-0.4, -0.2) is 37.4 Å². The quantitative estimate of drug-likeness (QED) is 0.508. The zero-order valence-electron chi connectivity index (χ0n) is 18.4. The summed E-state index contributed by atoms with van der Waals surface area (Å²) in [6.07, 6.45) is 0. The van der Waals surface area contributed by atoms with E-state index in [1.165, 1.54) is 0 Å². The zero-order valence-corrected chi connectivity index (χ0v) is 19.2. The Morgan fingerprint density at radius 3 is 2.10 bits per heavy atom. The van der Waals surface area contributed by atoms with Gasteiger partial charge >= 0.3 is 11.8 Å². The van der Waals surface area contributed by atoms with Crippen molar-refractivity contribution in [2.24, 2.45) is 9.98 Å². The molecule has 3 rings (SSSR count). The first kappa shape index (κ1) is 22.4. The molecule has 1 heterocycles. The van der Waals surface area contributed by atoms with Crippen molar-refractivity contribution in [1.82, 2.24) is 4.67 Å². The van der Waals surface area contributed by atoms with Gasteiger partial charge in [0.1, 0.15) is 5.56 Å². The maximum absolute atomic E-state index is 12.6. The fourth-order valence-electron chi connectivity index (χ4n) is 2.82. The van der Waals surface area contributed by atoms with Gasteiger partial charge in [-0.25, -0.2) is 13.4 Å². The SMILES string of the molecule is C=N/C(C)=C(\N=C(C)c1ccc(S(=O)(=O)C(C)(C)C)cc1)C1=[N+]=C(c2ccccc2)O1. The van der Waals surface area contributed by atoms with E-state index in [1.54, 1.807) is 52.0 Å². The predicted octanol–water partition coefficient (Wildman–Crippen LogP) is 3.94. The number of ether oxygens (including phenoxy) is 1. The van der Waals surface area contributed by atoms with E-state index in [0.717, 1.165) is 11.1 Å². The summed E-state index contributed by atoms with van der Waals surface area (Å²) >= 11 is 0. The number of allylic oxidation sites excluding steroid dienone is 1. The second-order valence-electron chi connectivity index (χ2n) is 8.12. The highest BCUT2D eigenvalue weighted by atomic mass is 32.2. The van der Waals surface area contributed by atoms with Crippen LogP contribution < -0.4 is 4.67 Å². The Labute approximate surface area is 183 Å². The van der Waals surface area contributed by atoms with Crippen LogP contribution >= 0.6 is 0 Å². The normalized spacial score (nSPS) is 15.2. The topological polar surface area (TPSA) is 82.2 Å². The molecular formula is C24H26N3O3S+. The van der Waals surface area contributed by atoms with Crippen LogP contribution in [0.2, 0.25) is 0 Å². The van der Waals surface area contributed by atoms with Gasteiger partial charge in [-0.1, -0.05) is 30.3 Å². The number of nitrogens with zero attached hydrogens (tertiary/aromatic N) is 3. The van der Waals surface area contributed by atoms with Crippen molar-refractivity contribution < 1.29 is 13.2 Å². The number of sulfone groups is 1. The molecule has 0 N–H and O–H groups in total. The molecule has 0 atom stereocenters. The van der Waals surface area contributed by atoms with Crippen molar-refractivity contribution in [2.45, 2.75) is 44.3 Å². The molecule has 7 heteroatoms. The summed E-state index contributed by atoms with van der Waals surface area (Å²) in [5.74, 6) is 0.893. The van der Waals surface area contributed by atoms with Crippen LogP contribution in [0, 0.1) is 0 Å². The molecule has 0 unspecified atom stereocenters. The molecule has 6 nitrogen and oxygen atoms in total. The summed E-state index contributed by atoms with van der Waals surface area (Å²) in [6.45, 7) is 12.3. The van der Waals surface area contributed by atoms with E-state index >= 15 is 0 Å². The molecule has 0 bridgehead atoms. The van der Waals surface area contributed by atoms with Gasteiger partial charge in [0.05, 0.1) is 15.3 Å². The molecule has 0 amide bonds. The van der Waals surface area contributed by atoms with Crippen LogP contribution in [0.15, 0.2) is 80.9 Å². The molecule has 2 aromatic carbocycles. The van der Waals surface area contributed by atoms with E-state index in [0.29, 0.717) is 28.9 Å². The first-order valence-corrected chi connectivity index (χ1v) is 11.3. The lowest BCUT2D eigenvalue weighted by Gasteiger charge is -2.19. The number of benzene rings is 2. The standard InChI is InChI=1S/C24H26N3O3S/c1-16(18-12-14-20(15-13-18)31(28,29)24(3,4)5)26-21(17(2)25-6)23-27-22(30-23)19-10-8-7-9-11-19/h7-15H,6H2,1-5H3/q+1. The maximum Gasteiger partial charge on any atom is 0.531 e. The third-order valence-electron chi connectivity index (χ3n) is 4.87. The van der Waals surface area contributed by atoms with Crippen molar-refractivity contribution in [3.05, 3.63) is 77.1 Å². The van der Waals surface area contributed by atoms with Crippen molar-refractivity contribution in [2.75, 3.05) is 0 Å². The molecule has 2 aromatic rings. The number of hydrogen-bond donors (Lipinski definition) is 0. The van der Waals surface area contributed by atoms with E-state index < -0.39 is 14.6 Å². The van der Waals surface area contributed by atoms with Gasteiger partial charge in [-0.3, -0.25) is 4.99 Å². The summed E-state index contributed by atoms with van der Waals surface area (Å²) in [4.78, 5) is 8.92. The monoisotopic (exact) mass is 436 g/mol. The minimum atomic E-state index is -3.41. The van der Waals surface area contributed by atoms with Crippen LogP contribution in [0.4, 0.5) is 0 Å². The molecule has 0 aliphatic carbocycles. The average molecular weight is 437 g/mol. The minimum Gasteiger partial charge on any atom is -0.320 e. The van der Waals surface area contributed by atoms with Crippen LogP contribution in [0.25, 0.3) is 0 Å². The highest BCUT2D eigenvalue weighted by Crippen LogP contribution is 2.25. The van der Waals surface area contributed by atoms with Crippen LogP contribution in [-0.2, 0) is 14.6 Å². The third-order valence-corrected chi connectivity index (χ3v) is 7.37. The van der Waals surface area contributed by atoms with Gasteiger partial charge < -0.3 is 4.74 Å². The molecule has 0 spiro atoms. The molecule has 1 aliphatic rings. The molecule has 0 saturated heterocycles. The Balaban J connectivity index is 1.95. The Hall–Kier alpha value is -3.28. The smallest absolute Gasteiger partial charge is 0.320 e. The summed E-state index contributed by atoms with van der Waals surface area (Å²) in [5.41, 5.74) is 3.41. The van der Waals surface area contributed by atoms with E-state index in [-0.39, 0.29) is 4.90 Å². The van der Waals surface area contributed by atoms with E-state index in [2.05, 4.69) is 21.4 Å². The van der Waals surface area contributed by atoms with Crippen molar-refractivity contribution >= 4 is 34.1 Å². The van der Waals surface area contributed by atoms with Gasteiger partial charge in [0.15, 0.2) is 9.84 Å². The molecular weight excluding hydrogens is 410 g/mol. The van der Waals surface area contributed by atoms with E-state index in [4.69, 9.17) is 4.74 Å². The predicted molar refractivity (Wildman–Crippen MR) is 127 cm³/mol. The fraction of sp³-hybridized carbons (Fsp3) is 0.250. The maximum atomic E-state index is 12.6. The van der Waals surface area contributed by atoms with Crippen molar-refractivity contribution in [3.8, 4) is 0 Å². The highest BCUT2D eigenvalue weighted by molar-refractivity contribution is 7.92. The van der Waals surface area contributed by atoms with Crippen LogP contribution in [0.3, 0.4) is 0 Å². The van der Waals surface area contributed by atoms with Crippen LogP contribution in [0.5, 0.6) is 0 Å². The van der Waals surface area contributed by atoms with Gasteiger partial charge in [-0.15, -0.1) is 0 Å². The van der Waals surface area contributed by atoms with E-state index in [9.17, 15) is 8.42 Å². The van der Waals surface area contributed by atoms with Gasteiger partial charge in [-0.05, 0) is 71.2 Å². The Morgan fingerprint density at radius 2 is 1.58 bits per heavy atom. The Morgan fingerprint density at radius 1 is 1.00 bits per heavy atom. The van der Waals surface area contributed by atoms with Gasteiger partial charge in [0.2, 0.25) is 5.70 Å². The summed E-state index contributed by atoms with van der Waals surface area (Å²) < 4.78 is 34.6. The second-order valence-corrected chi connectivity index (χ2v) is 10.8. The summed E-state index contributed by atoms with van der Waals surface area (Å²) in [7, 11) is -3.41. The third kappa shape index (κ3) is 4.58. The first-order valence-electron chi connectivity index (χ1n) is 9.82. The highest BCUT2D eigenvalue weighted by Gasteiger charge is 2.38. The Kier molecular flexibility index (Phi) is 6.11.